The van der Waals surface area contributed by atoms with Crippen molar-refractivity contribution in [3.8, 4) is 11.5 Å². The van der Waals surface area contributed by atoms with Gasteiger partial charge in [0.15, 0.2) is 5.75 Å². The molecular weight excluding hydrogens is 542 g/mol. The predicted molar refractivity (Wildman–Crippen MR) is 139 cm³/mol. The first-order chi connectivity index (χ1) is 17.4. The summed E-state index contributed by atoms with van der Waals surface area (Å²) in [5, 5.41) is 19.0. The number of carbonyl (C=O) groups excluding carboxylic acids is 1. The van der Waals surface area contributed by atoms with Gasteiger partial charge in [0, 0.05) is 21.5 Å². The molecule has 0 saturated heterocycles. The molecule has 0 fully saturated rings. The van der Waals surface area contributed by atoms with Crippen LogP contribution >= 0.6 is 10.7 Å². The zero-order valence-electron chi connectivity index (χ0n) is 19.0. The number of rotatable bonds is 7. The number of nitrogens with zero attached hydrogens (tertiary/aromatic N) is 2. The zero-order chi connectivity index (χ0) is 26.8. The van der Waals surface area contributed by atoms with Crippen LogP contribution in [0.2, 0.25) is 0 Å². The molecule has 0 heterocycles. The van der Waals surface area contributed by atoms with E-state index in [4.69, 9.17) is 15.4 Å². The summed E-state index contributed by atoms with van der Waals surface area (Å²) in [6.45, 7) is 0. The Morgan fingerprint density at radius 2 is 1.59 bits per heavy atom. The number of fused-ring (bicyclic) bond motifs is 1. The van der Waals surface area contributed by atoms with Crippen molar-refractivity contribution in [2.45, 2.75) is 4.90 Å². The minimum atomic E-state index is -4.15. The lowest BCUT2D eigenvalue weighted by Gasteiger charge is -2.11. The molecule has 37 heavy (non-hydrogen) atoms. The fraction of sp³-hybridized carbons (Fsp3) is 0.0417. The molecule has 0 saturated carbocycles. The van der Waals surface area contributed by atoms with Crippen LogP contribution in [-0.2, 0) is 19.1 Å². The number of hydrogen-bond acceptors (Lipinski definition) is 9. The van der Waals surface area contributed by atoms with Gasteiger partial charge < -0.3 is 9.84 Å². The van der Waals surface area contributed by atoms with Gasteiger partial charge in [0.05, 0.1) is 28.1 Å². The number of phenols is 1. The largest absolute Gasteiger partial charge is 0.507 e. The lowest BCUT2D eigenvalue weighted by molar-refractivity contribution is 0.0735. The number of halogens is 1. The maximum absolute atomic E-state index is 12.6. The Hall–Kier alpha value is -4.00. The van der Waals surface area contributed by atoms with Gasteiger partial charge in [0.2, 0.25) is 10.0 Å². The van der Waals surface area contributed by atoms with Gasteiger partial charge in [0.1, 0.15) is 11.4 Å². The highest BCUT2D eigenvalue weighted by atomic mass is 35.7. The first-order valence-electron chi connectivity index (χ1n) is 10.4. The van der Waals surface area contributed by atoms with E-state index in [0.29, 0.717) is 0 Å². The minimum absolute atomic E-state index is 0.0979. The summed E-state index contributed by atoms with van der Waals surface area (Å²) >= 11 is 0. The summed E-state index contributed by atoms with van der Waals surface area (Å²) in [5.74, 6) is -0.939. The number of nitrogens with one attached hydrogen (secondary N) is 1. The number of benzene rings is 4. The van der Waals surface area contributed by atoms with Crippen molar-refractivity contribution in [1.29, 1.82) is 0 Å². The number of aromatic hydroxyl groups is 1. The van der Waals surface area contributed by atoms with Crippen molar-refractivity contribution in [3.63, 3.8) is 0 Å². The third-order valence-corrected chi connectivity index (χ3v) is 6.92. The van der Waals surface area contributed by atoms with E-state index in [-0.39, 0.29) is 49.8 Å². The van der Waals surface area contributed by atoms with Crippen molar-refractivity contribution >= 4 is 63.6 Å². The summed E-state index contributed by atoms with van der Waals surface area (Å²) in [6.07, 6.45) is 0.973. The molecule has 2 N–H and O–H groups in total. The zero-order valence-corrected chi connectivity index (χ0v) is 21.4. The van der Waals surface area contributed by atoms with Gasteiger partial charge in [-0.15, -0.1) is 10.2 Å². The van der Waals surface area contributed by atoms with Gasteiger partial charge >= 0.3 is 5.97 Å². The Balaban J connectivity index is 1.83. The molecule has 4 aromatic rings. The number of hydrogen-bond donors (Lipinski definition) is 2. The van der Waals surface area contributed by atoms with Crippen molar-refractivity contribution in [2.75, 3.05) is 11.0 Å². The monoisotopic (exact) mass is 559 g/mol. The standard InChI is InChI=1S/C24H18ClN3O7S2/c1-36(31,32)28-19-9-5-8-17-21(29)12-11-18(23(17)19)26-27-20-14-16(37(25,33)34)10-13-22(20)35-24(30)15-6-3-2-4-7-15/h2-14,28-29H,1H3/b27-26+. The summed E-state index contributed by atoms with van der Waals surface area (Å²) in [6, 6.07) is 18.9. The average molecular weight is 560 g/mol. The molecule has 0 atom stereocenters. The third-order valence-electron chi connectivity index (χ3n) is 4.98. The Morgan fingerprint density at radius 1 is 0.892 bits per heavy atom. The average Bonchev–Trinajstić information content (AvgIpc) is 2.83. The topological polar surface area (TPSA) is 152 Å². The van der Waals surface area contributed by atoms with Crippen molar-refractivity contribution in [1.82, 2.24) is 0 Å². The molecule has 10 nitrogen and oxygen atoms in total. The molecule has 0 unspecified atom stereocenters. The van der Waals surface area contributed by atoms with E-state index < -0.39 is 25.0 Å². The second kappa shape index (κ2) is 10.2. The Bertz CT molecular complexity index is 1760. The van der Waals surface area contributed by atoms with Crippen molar-refractivity contribution < 1.29 is 31.5 Å². The molecule has 0 radical (unpaired) electrons. The molecule has 0 bridgehead atoms. The van der Waals surface area contributed by atoms with Crippen LogP contribution < -0.4 is 9.46 Å². The van der Waals surface area contributed by atoms with Gasteiger partial charge in [-0.05, 0) is 48.5 Å². The number of esters is 1. The van der Waals surface area contributed by atoms with Gasteiger partial charge in [-0.1, -0.05) is 30.3 Å². The first kappa shape index (κ1) is 26.1. The summed E-state index contributed by atoms with van der Waals surface area (Å²) in [4.78, 5) is 12.3. The highest BCUT2D eigenvalue weighted by molar-refractivity contribution is 8.13. The maximum atomic E-state index is 12.6. The van der Waals surface area contributed by atoms with Crippen molar-refractivity contribution in [2.24, 2.45) is 10.2 Å². The number of phenolic OH excluding ortho intramolecular Hbond substituents is 1. The summed E-state index contributed by atoms with van der Waals surface area (Å²) < 4.78 is 55.3. The highest BCUT2D eigenvalue weighted by Gasteiger charge is 2.18. The predicted octanol–water partition coefficient (Wildman–Crippen LogP) is 5.48. The van der Waals surface area contributed by atoms with Gasteiger partial charge in [-0.3, -0.25) is 4.72 Å². The van der Waals surface area contributed by atoms with Crippen LogP contribution in [0.4, 0.5) is 17.1 Å². The lowest BCUT2D eigenvalue weighted by atomic mass is 10.1. The van der Waals surface area contributed by atoms with Crippen LogP contribution in [0.25, 0.3) is 10.8 Å². The SMILES string of the molecule is CS(=O)(=O)Nc1cccc2c(O)ccc(/N=N/c3cc(S(=O)(=O)Cl)ccc3OC(=O)c3ccccc3)c12. The Labute approximate surface area is 216 Å². The lowest BCUT2D eigenvalue weighted by Crippen LogP contribution is -2.09. The maximum Gasteiger partial charge on any atom is 0.343 e. The number of ether oxygens (including phenoxy) is 1. The van der Waals surface area contributed by atoms with E-state index in [2.05, 4.69) is 15.0 Å². The molecule has 0 aliphatic rings. The number of carbonyl (C=O) groups is 1. The molecule has 0 aliphatic carbocycles. The van der Waals surface area contributed by atoms with Crippen LogP contribution in [0.3, 0.4) is 0 Å². The Morgan fingerprint density at radius 3 is 2.27 bits per heavy atom. The quantitative estimate of drug-likeness (QED) is 0.132. The van der Waals surface area contributed by atoms with E-state index in [9.17, 15) is 26.7 Å². The van der Waals surface area contributed by atoms with Crippen LogP contribution in [0.15, 0.2) is 94.0 Å². The fourth-order valence-corrected chi connectivity index (χ4v) is 4.74. The molecule has 0 spiro atoms. The van der Waals surface area contributed by atoms with E-state index in [1.54, 1.807) is 42.5 Å². The second-order valence-corrected chi connectivity index (χ2v) is 12.0. The number of sulfonamides is 1. The molecule has 4 rings (SSSR count). The van der Waals surface area contributed by atoms with Gasteiger partial charge in [-0.25, -0.2) is 21.6 Å². The first-order valence-corrected chi connectivity index (χ1v) is 14.6. The fourth-order valence-electron chi connectivity index (χ4n) is 3.39. The van der Waals surface area contributed by atoms with Crippen LogP contribution in [0.5, 0.6) is 11.5 Å². The minimum Gasteiger partial charge on any atom is -0.507 e. The molecule has 0 aliphatic heterocycles. The van der Waals surface area contributed by atoms with E-state index in [1.807, 2.05) is 0 Å². The molecular formula is C24H18ClN3O7S2. The molecule has 0 aromatic heterocycles. The highest BCUT2D eigenvalue weighted by Crippen LogP contribution is 2.40. The third kappa shape index (κ3) is 6.23. The molecule has 190 valence electrons. The van der Waals surface area contributed by atoms with Crippen molar-refractivity contribution in [3.05, 3.63) is 84.4 Å². The molecule has 13 heteroatoms. The van der Waals surface area contributed by atoms with Crippen LogP contribution in [-0.4, -0.2) is 34.2 Å². The van der Waals surface area contributed by atoms with E-state index in [0.717, 1.165) is 18.4 Å². The van der Waals surface area contributed by atoms with Crippen LogP contribution in [0, 0.1) is 0 Å². The summed E-state index contributed by atoms with van der Waals surface area (Å²) in [7, 11) is -2.35. The molecule has 0 amide bonds. The van der Waals surface area contributed by atoms with Crippen LogP contribution in [0.1, 0.15) is 10.4 Å². The van der Waals surface area contributed by atoms with E-state index >= 15 is 0 Å². The normalized spacial score (nSPS) is 12.1. The number of anilines is 1. The second-order valence-electron chi connectivity index (χ2n) is 7.73. The Kier molecular flexibility index (Phi) is 7.16. The smallest absolute Gasteiger partial charge is 0.343 e. The molecule has 4 aromatic carbocycles. The number of azo groups is 1. The summed E-state index contributed by atoms with van der Waals surface area (Å²) in [5.41, 5.74) is 0.387. The van der Waals surface area contributed by atoms with Gasteiger partial charge in [-0.2, -0.15) is 0 Å². The van der Waals surface area contributed by atoms with Gasteiger partial charge in [0.25, 0.3) is 9.05 Å². The van der Waals surface area contributed by atoms with E-state index in [1.165, 1.54) is 24.3 Å².